The fraction of sp³-hybridized carbons (Fsp3) is 0.115. The van der Waals surface area contributed by atoms with Crippen molar-refractivity contribution in [2.24, 2.45) is 0 Å². The van der Waals surface area contributed by atoms with E-state index in [9.17, 15) is 14.0 Å². The Hall–Kier alpha value is -4.86. The van der Waals surface area contributed by atoms with Crippen molar-refractivity contribution in [1.82, 2.24) is 24.3 Å². The number of hydrogen-bond donors (Lipinski definition) is 2. The number of fused-ring (bicyclic) bond motifs is 4. The topological polar surface area (TPSA) is 119 Å². The van der Waals surface area contributed by atoms with Gasteiger partial charge in [0.2, 0.25) is 5.95 Å². The Morgan fingerprint density at radius 3 is 2.72 bits per heavy atom. The molecule has 36 heavy (non-hydrogen) atoms. The zero-order valence-electron chi connectivity index (χ0n) is 19.0. The second kappa shape index (κ2) is 8.42. The second-order valence-electron chi connectivity index (χ2n) is 8.56. The number of nitrogen functional groups attached to an aromatic ring is 1. The molecule has 178 valence electrons. The van der Waals surface area contributed by atoms with E-state index in [2.05, 4.69) is 20.3 Å². The Bertz CT molecular complexity index is 1670. The summed E-state index contributed by atoms with van der Waals surface area (Å²) >= 11 is 0. The summed E-state index contributed by atoms with van der Waals surface area (Å²) in [6.45, 7) is 0.889. The number of pyridine rings is 1. The summed E-state index contributed by atoms with van der Waals surface area (Å²) in [6.07, 6.45) is 3.73. The lowest BCUT2D eigenvalue weighted by Gasteiger charge is -2.28. The maximum absolute atomic E-state index is 14.2. The number of nitrogens with one attached hydrogen (secondary N) is 1. The minimum Gasteiger partial charge on any atom is -0.369 e. The number of nitrogens with two attached hydrogens (primary N) is 1. The highest BCUT2D eigenvalue weighted by atomic mass is 19.1. The predicted octanol–water partition coefficient (Wildman–Crippen LogP) is 3.45. The molecular formula is C26H20FN7O2. The molecule has 3 aromatic heterocycles. The summed E-state index contributed by atoms with van der Waals surface area (Å²) in [6, 6.07) is 15.4. The molecule has 0 saturated carbocycles. The van der Waals surface area contributed by atoms with Gasteiger partial charge in [-0.1, -0.05) is 18.2 Å². The molecule has 4 heterocycles. The minimum atomic E-state index is -0.499. The number of anilines is 2. The first-order valence-corrected chi connectivity index (χ1v) is 11.3. The highest BCUT2D eigenvalue weighted by molar-refractivity contribution is 6.03. The summed E-state index contributed by atoms with van der Waals surface area (Å²) in [5, 5.41) is 3.35. The van der Waals surface area contributed by atoms with Crippen LogP contribution >= 0.6 is 0 Å². The van der Waals surface area contributed by atoms with Gasteiger partial charge in [0.1, 0.15) is 28.4 Å². The van der Waals surface area contributed by atoms with Gasteiger partial charge in [-0.25, -0.2) is 14.4 Å². The van der Waals surface area contributed by atoms with Crippen LogP contribution in [0.1, 0.15) is 32.1 Å². The lowest BCUT2D eigenvalue weighted by Crippen LogP contribution is -2.36. The third-order valence-corrected chi connectivity index (χ3v) is 6.29. The van der Waals surface area contributed by atoms with E-state index < -0.39 is 5.82 Å². The molecule has 0 saturated heterocycles. The van der Waals surface area contributed by atoms with E-state index in [1.165, 1.54) is 16.7 Å². The van der Waals surface area contributed by atoms with Gasteiger partial charge >= 0.3 is 0 Å². The molecule has 2 amide bonds. The van der Waals surface area contributed by atoms with Gasteiger partial charge in [-0.3, -0.25) is 19.0 Å². The number of para-hydroxylation sites is 1. The average molecular weight is 481 g/mol. The van der Waals surface area contributed by atoms with Crippen LogP contribution in [0, 0.1) is 5.82 Å². The molecule has 1 aliphatic heterocycles. The van der Waals surface area contributed by atoms with Gasteiger partial charge in [0.15, 0.2) is 0 Å². The van der Waals surface area contributed by atoms with E-state index in [0.717, 1.165) is 11.1 Å². The van der Waals surface area contributed by atoms with Crippen LogP contribution in [0.15, 0.2) is 67.0 Å². The summed E-state index contributed by atoms with van der Waals surface area (Å²) < 4.78 is 15.7. The van der Waals surface area contributed by atoms with Crippen LogP contribution in [-0.4, -0.2) is 42.6 Å². The van der Waals surface area contributed by atoms with Crippen LogP contribution in [0.4, 0.5) is 16.0 Å². The number of halogens is 1. The van der Waals surface area contributed by atoms with Gasteiger partial charge in [0.05, 0.1) is 0 Å². The lowest BCUT2D eigenvalue weighted by atomic mass is 9.98. The van der Waals surface area contributed by atoms with Gasteiger partial charge in [-0.15, -0.1) is 0 Å². The smallest absolute Gasteiger partial charge is 0.274 e. The number of carbonyl (C=O) groups excluding carboxylic acids is 2. The molecule has 0 atom stereocenters. The van der Waals surface area contributed by atoms with Gasteiger partial charge in [-0.05, 0) is 53.9 Å². The predicted molar refractivity (Wildman–Crippen MR) is 132 cm³/mol. The molecule has 0 bridgehead atoms. The van der Waals surface area contributed by atoms with Crippen molar-refractivity contribution < 1.29 is 14.0 Å². The van der Waals surface area contributed by atoms with Crippen LogP contribution in [-0.2, 0) is 13.0 Å². The highest BCUT2D eigenvalue weighted by Crippen LogP contribution is 2.26. The molecule has 3 N–H and O–H groups in total. The van der Waals surface area contributed by atoms with Crippen LogP contribution in [0.5, 0.6) is 0 Å². The Morgan fingerprint density at radius 1 is 1.00 bits per heavy atom. The quantitative estimate of drug-likeness (QED) is 0.408. The third-order valence-electron chi connectivity index (χ3n) is 6.29. The summed E-state index contributed by atoms with van der Waals surface area (Å²) in [7, 11) is 0. The van der Waals surface area contributed by atoms with E-state index in [-0.39, 0.29) is 29.0 Å². The van der Waals surface area contributed by atoms with E-state index in [0.29, 0.717) is 41.9 Å². The normalized spacial score (nSPS) is 13.1. The largest absolute Gasteiger partial charge is 0.369 e. The number of rotatable bonds is 3. The van der Waals surface area contributed by atoms with Crippen LogP contribution < -0.4 is 11.1 Å². The Morgan fingerprint density at radius 2 is 1.89 bits per heavy atom. The number of hydrogen-bond acceptors (Lipinski definition) is 6. The van der Waals surface area contributed by atoms with E-state index in [1.54, 1.807) is 41.4 Å². The number of imidazole rings is 1. The molecule has 5 aromatic rings. The molecule has 0 radical (unpaired) electrons. The van der Waals surface area contributed by atoms with Crippen molar-refractivity contribution in [2.75, 3.05) is 17.6 Å². The van der Waals surface area contributed by atoms with Crippen molar-refractivity contribution in [3.05, 3.63) is 95.3 Å². The van der Waals surface area contributed by atoms with Crippen LogP contribution in [0.25, 0.3) is 16.6 Å². The summed E-state index contributed by atoms with van der Waals surface area (Å²) in [5.74, 6) is -0.976. The van der Waals surface area contributed by atoms with Crippen molar-refractivity contribution in [1.29, 1.82) is 0 Å². The molecule has 1 aliphatic rings. The molecule has 0 unspecified atom stereocenters. The van der Waals surface area contributed by atoms with E-state index >= 15 is 0 Å². The fourth-order valence-electron chi connectivity index (χ4n) is 4.48. The average Bonchev–Trinajstić information content (AvgIpc) is 3.36. The first kappa shape index (κ1) is 21.7. The van der Waals surface area contributed by atoms with E-state index in [1.807, 2.05) is 18.2 Å². The number of nitrogens with zero attached hydrogens (tertiary/aromatic N) is 5. The molecule has 0 fully saturated rings. The third kappa shape index (κ3) is 3.68. The zero-order valence-corrected chi connectivity index (χ0v) is 19.0. The number of amides is 2. The molecule has 10 heteroatoms. The van der Waals surface area contributed by atoms with Crippen molar-refractivity contribution in [2.45, 2.75) is 13.0 Å². The minimum absolute atomic E-state index is 0.0541. The van der Waals surface area contributed by atoms with Crippen LogP contribution in [0.2, 0.25) is 0 Å². The van der Waals surface area contributed by atoms with Gasteiger partial charge in [0.25, 0.3) is 11.8 Å². The first-order valence-electron chi connectivity index (χ1n) is 11.3. The Balaban J connectivity index is 1.24. The monoisotopic (exact) mass is 481 g/mol. The number of carbonyl (C=O) groups is 2. The maximum Gasteiger partial charge on any atom is 0.274 e. The lowest BCUT2D eigenvalue weighted by molar-refractivity contribution is 0.0729. The van der Waals surface area contributed by atoms with Gasteiger partial charge < -0.3 is 16.0 Å². The fourth-order valence-corrected chi connectivity index (χ4v) is 4.48. The molecular weight excluding hydrogens is 461 g/mol. The molecule has 2 aromatic carbocycles. The van der Waals surface area contributed by atoms with Gasteiger partial charge in [-0.2, -0.15) is 0 Å². The number of benzene rings is 2. The second-order valence-corrected chi connectivity index (χ2v) is 8.56. The SMILES string of the molecule is Nc1nc2c(F)cccc2c2nc(C(=O)N3CCc4cc(NC(=O)c5ccccn5)ccc4C3)cn12. The first-order chi connectivity index (χ1) is 17.5. The number of aromatic nitrogens is 4. The van der Waals surface area contributed by atoms with Crippen molar-refractivity contribution in [3.63, 3.8) is 0 Å². The van der Waals surface area contributed by atoms with Gasteiger partial charge in [0, 0.05) is 36.6 Å². The van der Waals surface area contributed by atoms with Crippen molar-refractivity contribution >= 4 is 40.0 Å². The Kier molecular flexibility index (Phi) is 5.06. The summed E-state index contributed by atoms with van der Waals surface area (Å²) in [5.41, 5.74) is 9.78. The Labute approximate surface area is 204 Å². The molecule has 6 rings (SSSR count). The zero-order chi connectivity index (χ0) is 24.8. The van der Waals surface area contributed by atoms with Crippen LogP contribution in [0.3, 0.4) is 0 Å². The summed E-state index contributed by atoms with van der Waals surface area (Å²) in [4.78, 5) is 40.1. The molecule has 9 nitrogen and oxygen atoms in total. The van der Waals surface area contributed by atoms with Crippen molar-refractivity contribution in [3.8, 4) is 0 Å². The molecule has 0 spiro atoms. The standard InChI is InChI=1S/C26H20FN7O2/c27-19-5-3-4-18-22(19)32-26(28)34-14-21(31-23(18)34)25(36)33-11-9-15-12-17(8-7-16(15)13-33)30-24(35)20-6-1-2-10-29-20/h1-8,10,12,14H,9,11,13H2,(H2,28,32)(H,30,35). The maximum atomic E-state index is 14.2. The molecule has 0 aliphatic carbocycles. The highest BCUT2D eigenvalue weighted by Gasteiger charge is 2.25. The van der Waals surface area contributed by atoms with E-state index in [4.69, 9.17) is 5.73 Å².